The molecule has 3 heterocycles. The summed E-state index contributed by atoms with van der Waals surface area (Å²) in [6.45, 7) is 1.63. The van der Waals surface area contributed by atoms with Crippen molar-refractivity contribution in [3.63, 3.8) is 0 Å². The van der Waals surface area contributed by atoms with E-state index in [1.165, 1.54) is 17.8 Å². The second-order valence-electron chi connectivity index (χ2n) is 6.81. The van der Waals surface area contributed by atoms with E-state index in [2.05, 4.69) is 14.9 Å². The highest BCUT2D eigenvalue weighted by Gasteiger charge is 2.30. The maximum Gasteiger partial charge on any atom is 0.416 e. The average molecular weight is 421 g/mol. The Morgan fingerprint density at radius 3 is 2.86 bits per heavy atom. The third-order valence-electron chi connectivity index (χ3n) is 4.83. The Hall–Kier alpha value is -2.52. The fraction of sp³-hybridized carbons (Fsp3) is 0.300. The third-order valence-corrected chi connectivity index (χ3v) is 5.41. The summed E-state index contributed by atoms with van der Waals surface area (Å²) in [5, 5.41) is 0.610. The molecule has 152 valence electrons. The fourth-order valence-electron chi connectivity index (χ4n) is 3.38. The molecule has 0 amide bonds. The number of alkyl halides is 3. The van der Waals surface area contributed by atoms with Crippen LogP contribution in [0.1, 0.15) is 22.6 Å². The Labute approximate surface area is 169 Å². The van der Waals surface area contributed by atoms with Crippen LogP contribution < -0.4 is 5.56 Å². The van der Waals surface area contributed by atoms with Crippen LogP contribution in [0.15, 0.2) is 50.8 Å². The molecule has 1 aliphatic heterocycles. The highest BCUT2D eigenvalue weighted by Crippen LogP contribution is 2.33. The van der Waals surface area contributed by atoms with Gasteiger partial charge in [0.25, 0.3) is 5.56 Å². The summed E-state index contributed by atoms with van der Waals surface area (Å²) >= 11 is 1.40. The first kappa shape index (κ1) is 19.8. The Bertz CT molecular complexity index is 1090. The van der Waals surface area contributed by atoms with Crippen molar-refractivity contribution < 1.29 is 17.6 Å². The zero-order valence-corrected chi connectivity index (χ0v) is 16.4. The Balaban J connectivity index is 1.50. The minimum atomic E-state index is -4.40. The van der Waals surface area contributed by atoms with Gasteiger partial charge >= 0.3 is 6.18 Å². The molecule has 1 N–H and O–H groups in total. The van der Waals surface area contributed by atoms with Gasteiger partial charge in [0.2, 0.25) is 0 Å². The number of aromatic nitrogens is 2. The third kappa shape index (κ3) is 4.25. The van der Waals surface area contributed by atoms with Crippen molar-refractivity contribution in [1.29, 1.82) is 0 Å². The van der Waals surface area contributed by atoms with Crippen LogP contribution in [-0.2, 0) is 25.7 Å². The van der Waals surface area contributed by atoms with Crippen LogP contribution in [0.4, 0.5) is 13.2 Å². The molecule has 0 fully saturated rings. The quantitative estimate of drug-likeness (QED) is 0.502. The number of nitrogens with zero attached hydrogens (tertiary/aromatic N) is 2. The number of hydrogen-bond acceptors (Lipinski definition) is 5. The lowest BCUT2D eigenvalue weighted by Gasteiger charge is -2.26. The monoisotopic (exact) mass is 421 g/mol. The van der Waals surface area contributed by atoms with Gasteiger partial charge in [0.05, 0.1) is 23.4 Å². The number of H-pyrrole nitrogens is 1. The van der Waals surface area contributed by atoms with Crippen molar-refractivity contribution in [2.75, 3.05) is 12.8 Å². The molecule has 0 spiro atoms. The molecule has 2 aromatic heterocycles. The maximum absolute atomic E-state index is 12.9. The van der Waals surface area contributed by atoms with Gasteiger partial charge in [0, 0.05) is 25.1 Å². The van der Waals surface area contributed by atoms with E-state index >= 15 is 0 Å². The number of furan rings is 1. The molecule has 0 saturated carbocycles. The van der Waals surface area contributed by atoms with Crippen molar-refractivity contribution in [2.24, 2.45) is 0 Å². The van der Waals surface area contributed by atoms with Crippen LogP contribution in [0.5, 0.6) is 0 Å². The predicted octanol–water partition coefficient (Wildman–Crippen LogP) is 4.33. The fourth-order valence-corrected chi connectivity index (χ4v) is 3.77. The largest absolute Gasteiger partial charge is 0.460 e. The molecule has 0 saturated heterocycles. The standard InChI is InChI=1S/C20H18F3N3O2S/c1-29-19-24-16-7-8-26(11-15(16)18(27)25-19)10-14-5-6-17(28-14)12-3-2-4-13(9-12)20(21,22)23/h2-6,9H,7-8,10-11H2,1H3,(H,24,25,27). The lowest BCUT2D eigenvalue weighted by atomic mass is 10.1. The van der Waals surface area contributed by atoms with Crippen molar-refractivity contribution in [2.45, 2.75) is 30.8 Å². The van der Waals surface area contributed by atoms with Gasteiger partial charge in [-0.25, -0.2) is 4.98 Å². The number of aromatic amines is 1. The molecule has 4 rings (SSSR count). The second kappa shape index (κ2) is 7.72. The zero-order valence-electron chi connectivity index (χ0n) is 15.5. The van der Waals surface area contributed by atoms with Gasteiger partial charge in [-0.15, -0.1) is 0 Å². The summed E-state index contributed by atoms with van der Waals surface area (Å²) in [6.07, 6.45) is -1.88. The Morgan fingerprint density at radius 1 is 1.28 bits per heavy atom. The Morgan fingerprint density at radius 2 is 2.10 bits per heavy atom. The van der Waals surface area contributed by atoms with E-state index in [0.29, 0.717) is 47.3 Å². The van der Waals surface area contributed by atoms with Crippen LogP contribution in [0.2, 0.25) is 0 Å². The normalized spacial score (nSPS) is 14.8. The van der Waals surface area contributed by atoms with Crippen LogP contribution in [0.25, 0.3) is 11.3 Å². The van der Waals surface area contributed by atoms with Gasteiger partial charge in [-0.2, -0.15) is 13.2 Å². The Kier molecular flexibility index (Phi) is 5.26. The lowest BCUT2D eigenvalue weighted by Crippen LogP contribution is -2.35. The first-order chi connectivity index (χ1) is 13.8. The minimum absolute atomic E-state index is 0.131. The van der Waals surface area contributed by atoms with Gasteiger partial charge < -0.3 is 9.40 Å². The van der Waals surface area contributed by atoms with E-state index < -0.39 is 11.7 Å². The highest BCUT2D eigenvalue weighted by atomic mass is 32.2. The molecule has 0 unspecified atom stereocenters. The SMILES string of the molecule is CSc1nc2c(c(=O)[nH]1)CN(Cc1ccc(-c3cccc(C(F)(F)F)c3)o1)CC2. The van der Waals surface area contributed by atoms with Crippen molar-refractivity contribution in [1.82, 2.24) is 14.9 Å². The average Bonchev–Trinajstić information content (AvgIpc) is 3.16. The summed E-state index contributed by atoms with van der Waals surface area (Å²) in [5.74, 6) is 1.01. The van der Waals surface area contributed by atoms with Crippen LogP contribution in [0, 0.1) is 0 Å². The second-order valence-corrected chi connectivity index (χ2v) is 7.60. The molecular weight excluding hydrogens is 403 g/mol. The summed E-state index contributed by atoms with van der Waals surface area (Å²) in [5.41, 5.74) is 1.00. The number of thioether (sulfide) groups is 1. The van der Waals surface area contributed by atoms with E-state index in [-0.39, 0.29) is 5.56 Å². The van der Waals surface area contributed by atoms with Crippen LogP contribution >= 0.6 is 11.8 Å². The topological polar surface area (TPSA) is 62.1 Å². The van der Waals surface area contributed by atoms with Gasteiger partial charge in [0.1, 0.15) is 11.5 Å². The van der Waals surface area contributed by atoms with Crippen LogP contribution in [0.3, 0.4) is 0 Å². The number of halogens is 3. The lowest BCUT2D eigenvalue weighted by molar-refractivity contribution is -0.137. The molecule has 0 radical (unpaired) electrons. The van der Waals surface area contributed by atoms with Crippen molar-refractivity contribution in [3.8, 4) is 11.3 Å². The van der Waals surface area contributed by atoms with E-state index in [4.69, 9.17) is 4.42 Å². The minimum Gasteiger partial charge on any atom is -0.460 e. The van der Waals surface area contributed by atoms with Gasteiger partial charge in [-0.05, 0) is 30.5 Å². The molecule has 29 heavy (non-hydrogen) atoms. The van der Waals surface area contributed by atoms with E-state index in [0.717, 1.165) is 24.4 Å². The number of nitrogens with one attached hydrogen (secondary N) is 1. The molecule has 5 nitrogen and oxygen atoms in total. The summed E-state index contributed by atoms with van der Waals surface area (Å²) in [6, 6.07) is 8.49. The van der Waals surface area contributed by atoms with E-state index in [9.17, 15) is 18.0 Å². The van der Waals surface area contributed by atoms with Crippen LogP contribution in [-0.4, -0.2) is 27.7 Å². The van der Waals surface area contributed by atoms with Crippen molar-refractivity contribution in [3.05, 3.63) is 69.3 Å². The first-order valence-corrected chi connectivity index (χ1v) is 10.2. The maximum atomic E-state index is 12.9. The van der Waals surface area contributed by atoms with Gasteiger partial charge in [-0.3, -0.25) is 9.69 Å². The first-order valence-electron chi connectivity index (χ1n) is 8.98. The number of hydrogen-bond donors (Lipinski definition) is 1. The highest BCUT2D eigenvalue weighted by molar-refractivity contribution is 7.98. The molecule has 1 aromatic carbocycles. The van der Waals surface area contributed by atoms with Gasteiger partial charge in [-0.1, -0.05) is 23.9 Å². The molecule has 0 aliphatic carbocycles. The molecular formula is C20H18F3N3O2S. The smallest absolute Gasteiger partial charge is 0.416 e. The number of rotatable bonds is 4. The summed E-state index contributed by atoms with van der Waals surface area (Å²) < 4.78 is 44.6. The molecule has 1 aliphatic rings. The summed E-state index contributed by atoms with van der Waals surface area (Å²) in [7, 11) is 0. The zero-order chi connectivity index (χ0) is 20.6. The molecule has 3 aromatic rings. The number of benzene rings is 1. The van der Waals surface area contributed by atoms with E-state index in [1.807, 2.05) is 6.26 Å². The molecule has 9 heteroatoms. The van der Waals surface area contributed by atoms with E-state index in [1.54, 1.807) is 18.2 Å². The number of fused-ring (bicyclic) bond motifs is 1. The molecule has 0 bridgehead atoms. The van der Waals surface area contributed by atoms with Crippen molar-refractivity contribution >= 4 is 11.8 Å². The summed E-state index contributed by atoms with van der Waals surface area (Å²) in [4.78, 5) is 21.6. The van der Waals surface area contributed by atoms with Gasteiger partial charge in [0.15, 0.2) is 5.16 Å². The molecule has 0 atom stereocenters. The predicted molar refractivity (Wildman–Crippen MR) is 104 cm³/mol.